The van der Waals surface area contributed by atoms with Gasteiger partial charge in [0.1, 0.15) is 5.69 Å². The molecule has 1 aliphatic carbocycles. The average Bonchev–Trinajstić information content (AvgIpc) is 3.27. The summed E-state index contributed by atoms with van der Waals surface area (Å²) in [6.07, 6.45) is 0.582. The maximum atomic E-state index is 13.4. The van der Waals surface area contributed by atoms with Crippen molar-refractivity contribution in [3.05, 3.63) is 45.7 Å². The van der Waals surface area contributed by atoms with Gasteiger partial charge in [-0.15, -0.1) is 0 Å². The second kappa shape index (κ2) is 8.14. The molecule has 0 atom stereocenters. The maximum absolute atomic E-state index is 13.4. The van der Waals surface area contributed by atoms with E-state index >= 15 is 0 Å². The van der Waals surface area contributed by atoms with E-state index in [9.17, 15) is 32.7 Å². The lowest BCUT2D eigenvalue weighted by Crippen LogP contribution is -2.65. The third kappa shape index (κ3) is 4.10. The van der Waals surface area contributed by atoms with Gasteiger partial charge in [-0.2, -0.15) is 4.39 Å². The molecule has 33 heavy (non-hydrogen) atoms. The zero-order valence-corrected chi connectivity index (χ0v) is 18.2. The molecule has 0 saturated heterocycles. The van der Waals surface area contributed by atoms with Crippen molar-refractivity contribution in [1.29, 1.82) is 0 Å². The molecule has 0 aromatic carbocycles. The van der Waals surface area contributed by atoms with Gasteiger partial charge in [0, 0.05) is 30.6 Å². The molecule has 8 nitrogen and oxygen atoms in total. The van der Waals surface area contributed by atoms with E-state index in [1.165, 1.54) is 17.6 Å². The lowest BCUT2D eigenvalue weighted by Gasteiger charge is -2.46. The number of carbonyl (C=O) groups excluding carboxylic acids is 3. The Hall–Kier alpha value is -2.92. The summed E-state index contributed by atoms with van der Waals surface area (Å²) in [5, 5.41) is 14.0. The Bertz CT molecular complexity index is 1170. The number of ketones is 1. The third-order valence-corrected chi connectivity index (χ3v) is 6.27. The molecule has 3 N–H and O–H groups in total. The number of aliphatic hydroxyl groups is 1. The minimum Gasteiger partial charge on any atom is -0.394 e. The molecule has 2 amide bonds. The predicted octanol–water partition coefficient (Wildman–Crippen LogP) is 2.64. The minimum atomic E-state index is -3.04. The SMILES string of the molecule is Cc1cc(NC(=O)c2c(Cl)c(C(=O)C(=O)NC3(CO)CC(F)(F)C3)n3c2CCC3)cnc1F. The molecule has 0 bridgehead atoms. The number of hydrogen-bond acceptors (Lipinski definition) is 5. The molecule has 1 aliphatic heterocycles. The van der Waals surface area contributed by atoms with E-state index in [4.69, 9.17) is 11.6 Å². The largest absolute Gasteiger partial charge is 0.394 e. The number of aromatic nitrogens is 2. The van der Waals surface area contributed by atoms with E-state index in [1.54, 1.807) is 0 Å². The first kappa shape index (κ1) is 23.2. The number of amides is 2. The molecule has 176 valence electrons. The van der Waals surface area contributed by atoms with Crippen LogP contribution in [-0.4, -0.2) is 50.3 Å². The molecule has 2 aromatic heterocycles. The summed E-state index contributed by atoms with van der Waals surface area (Å²) in [4.78, 5) is 42.0. The number of pyridine rings is 1. The van der Waals surface area contributed by atoms with Crippen LogP contribution < -0.4 is 10.6 Å². The molecule has 12 heteroatoms. The first-order valence-corrected chi connectivity index (χ1v) is 10.5. The van der Waals surface area contributed by atoms with Gasteiger partial charge in [-0.1, -0.05) is 11.6 Å². The van der Waals surface area contributed by atoms with Crippen molar-refractivity contribution in [3.63, 3.8) is 0 Å². The number of Topliss-reactive ketones (excluding diaryl/α,β-unsaturated/α-hetero) is 1. The van der Waals surface area contributed by atoms with E-state index in [0.717, 1.165) is 6.20 Å². The maximum Gasteiger partial charge on any atom is 0.294 e. The lowest BCUT2D eigenvalue weighted by molar-refractivity contribution is -0.154. The van der Waals surface area contributed by atoms with Crippen molar-refractivity contribution < 1.29 is 32.7 Å². The fourth-order valence-corrected chi connectivity index (χ4v) is 4.78. The fraction of sp³-hybridized carbons (Fsp3) is 0.429. The van der Waals surface area contributed by atoms with Gasteiger partial charge in [0.2, 0.25) is 5.95 Å². The van der Waals surface area contributed by atoms with Crippen LogP contribution in [0.4, 0.5) is 18.9 Å². The Morgan fingerprint density at radius 2 is 2.00 bits per heavy atom. The van der Waals surface area contributed by atoms with E-state index in [2.05, 4.69) is 15.6 Å². The van der Waals surface area contributed by atoms with Crippen molar-refractivity contribution in [3.8, 4) is 0 Å². The number of hydrogen-bond donors (Lipinski definition) is 3. The molecular formula is C21H20ClF3N4O4. The van der Waals surface area contributed by atoms with Crippen LogP contribution in [0.25, 0.3) is 0 Å². The zero-order valence-electron chi connectivity index (χ0n) is 17.5. The second-order valence-electron chi connectivity index (χ2n) is 8.46. The number of anilines is 1. The van der Waals surface area contributed by atoms with E-state index < -0.39 is 54.5 Å². The van der Waals surface area contributed by atoms with Gasteiger partial charge in [0.15, 0.2) is 0 Å². The van der Waals surface area contributed by atoms with E-state index in [-0.39, 0.29) is 27.5 Å². The highest BCUT2D eigenvalue weighted by Gasteiger charge is 2.57. The van der Waals surface area contributed by atoms with Crippen LogP contribution in [0.15, 0.2) is 12.3 Å². The predicted molar refractivity (Wildman–Crippen MR) is 111 cm³/mol. The summed E-state index contributed by atoms with van der Waals surface area (Å²) < 4.78 is 41.5. The Kier molecular flexibility index (Phi) is 5.73. The Morgan fingerprint density at radius 3 is 2.61 bits per heavy atom. The van der Waals surface area contributed by atoms with Crippen LogP contribution in [-0.2, 0) is 17.8 Å². The standard InChI is InChI=1S/C21H20ClF3N4O4/c1-10-5-11(6-26-17(10)23)27-18(32)13-12-3-2-4-29(12)15(14(13)22)16(31)19(33)28-20(9-30)7-21(24,25)8-20/h5-6,30H,2-4,7-9H2,1H3,(H,27,32)(H,28,33). The molecule has 2 aliphatic rings. The van der Waals surface area contributed by atoms with Crippen molar-refractivity contribution in [2.75, 3.05) is 11.9 Å². The van der Waals surface area contributed by atoms with Gasteiger partial charge in [-0.3, -0.25) is 14.4 Å². The third-order valence-electron chi connectivity index (χ3n) is 5.90. The number of rotatable bonds is 6. The molecule has 0 unspecified atom stereocenters. The summed E-state index contributed by atoms with van der Waals surface area (Å²) in [7, 11) is 0. The number of halogens is 4. The first-order chi connectivity index (χ1) is 15.5. The molecule has 1 saturated carbocycles. The molecule has 0 radical (unpaired) electrons. The van der Waals surface area contributed by atoms with Gasteiger partial charge in [0.25, 0.3) is 23.5 Å². The van der Waals surface area contributed by atoms with Gasteiger partial charge in [-0.25, -0.2) is 13.8 Å². The van der Waals surface area contributed by atoms with Crippen LogP contribution >= 0.6 is 11.6 Å². The monoisotopic (exact) mass is 484 g/mol. The van der Waals surface area contributed by atoms with E-state index in [0.29, 0.717) is 25.1 Å². The number of alkyl halides is 2. The van der Waals surface area contributed by atoms with Crippen LogP contribution in [0.3, 0.4) is 0 Å². The highest BCUT2D eigenvalue weighted by atomic mass is 35.5. The number of aryl methyl sites for hydroxylation is 1. The number of nitrogens with one attached hydrogen (secondary N) is 2. The summed E-state index contributed by atoms with van der Waals surface area (Å²) in [6.45, 7) is 1.06. The van der Waals surface area contributed by atoms with Crippen LogP contribution in [0, 0.1) is 12.9 Å². The van der Waals surface area contributed by atoms with E-state index in [1.807, 2.05) is 0 Å². The normalized spacial score (nSPS) is 17.8. The number of fused-ring (bicyclic) bond motifs is 1. The molecule has 2 aromatic rings. The van der Waals surface area contributed by atoms with Gasteiger partial charge in [-0.05, 0) is 25.8 Å². The van der Waals surface area contributed by atoms with Crippen LogP contribution in [0.5, 0.6) is 0 Å². The van der Waals surface area contributed by atoms with Gasteiger partial charge in [0.05, 0.1) is 34.6 Å². The Morgan fingerprint density at radius 1 is 1.30 bits per heavy atom. The molecule has 0 spiro atoms. The molecule has 4 rings (SSSR count). The van der Waals surface area contributed by atoms with Crippen molar-refractivity contribution in [1.82, 2.24) is 14.9 Å². The highest BCUT2D eigenvalue weighted by Crippen LogP contribution is 2.45. The molecular weight excluding hydrogens is 465 g/mol. The summed E-state index contributed by atoms with van der Waals surface area (Å²) >= 11 is 6.37. The topological polar surface area (TPSA) is 113 Å². The average molecular weight is 485 g/mol. The number of nitrogens with zero attached hydrogens (tertiary/aromatic N) is 2. The first-order valence-electron chi connectivity index (χ1n) is 10.2. The zero-order chi connectivity index (χ0) is 24.1. The van der Waals surface area contributed by atoms with Crippen molar-refractivity contribution in [2.45, 2.75) is 50.6 Å². The summed E-state index contributed by atoms with van der Waals surface area (Å²) in [5.74, 6) is -6.67. The number of carbonyl (C=O) groups is 3. The second-order valence-corrected chi connectivity index (χ2v) is 8.83. The summed E-state index contributed by atoms with van der Waals surface area (Å²) in [6, 6.07) is 1.38. The van der Waals surface area contributed by atoms with Gasteiger partial charge < -0.3 is 20.3 Å². The number of aliphatic hydroxyl groups excluding tert-OH is 1. The molecule has 3 heterocycles. The minimum absolute atomic E-state index is 0.000608. The molecule has 1 fully saturated rings. The van der Waals surface area contributed by atoms with Crippen molar-refractivity contribution >= 4 is 34.9 Å². The van der Waals surface area contributed by atoms with Gasteiger partial charge >= 0.3 is 0 Å². The smallest absolute Gasteiger partial charge is 0.294 e. The lowest BCUT2D eigenvalue weighted by atomic mass is 9.74. The van der Waals surface area contributed by atoms with Crippen LogP contribution in [0.1, 0.15) is 51.4 Å². The summed E-state index contributed by atoms with van der Waals surface area (Å²) in [5.41, 5.74) is -0.926. The Labute approximate surface area is 191 Å². The fourth-order valence-electron chi connectivity index (χ4n) is 4.40. The van der Waals surface area contributed by atoms with Crippen molar-refractivity contribution in [2.24, 2.45) is 0 Å². The Balaban J connectivity index is 1.60. The highest BCUT2D eigenvalue weighted by molar-refractivity contribution is 6.48. The van der Waals surface area contributed by atoms with Crippen LogP contribution in [0.2, 0.25) is 5.02 Å². The quantitative estimate of drug-likeness (QED) is 0.331.